The molecule has 8 heteroatoms. The largest absolute Gasteiger partial charge is 0.376 e. The molecule has 1 fully saturated rings. The van der Waals surface area contributed by atoms with E-state index < -0.39 is 0 Å². The van der Waals surface area contributed by atoms with Crippen LogP contribution in [0.1, 0.15) is 32.4 Å². The topological polar surface area (TPSA) is 97.0 Å². The second-order valence-electron chi connectivity index (χ2n) is 7.73. The zero-order chi connectivity index (χ0) is 19.9. The Balaban J connectivity index is 1.54. The smallest absolute Gasteiger partial charge is 0.257 e. The summed E-state index contributed by atoms with van der Waals surface area (Å²) >= 11 is 1.37. The molecule has 28 heavy (non-hydrogen) atoms. The first kappa shape index (κ1) is 18.8. The van der Waals surface area contributed by atoms with Gasteiger partial charge < -0.3 is 15.0 Å². The average Bonchev–Trinajstić information content (AvgIpc) is 3.08. The predicted octanol–water partition coefficient (Wildman–Crippen LogP) is 3.50. The third-order valence-electron chi connectivity index (χ3n) is 4.89. The number of rotatable bonds is 3. The van der Waals surface area contributed by atoms with E-state index in [4.69, 9.17) is 4.74 Å². The highest BCUT2D eigenvalue weighted by Gasteiger charge is 2.33. The van der Waals surface area contributed by atoms with E-state index in [1.165, 1.54) is 11.3 Å². The summed E-state index contributed by atoms with van der Waals surface area (Å²) in [4.78, 5) is 37.1. The molecule has 3 aromatic heterocycles. The van der Waals surface area contributed by atoms with Crippen molar-refractivity contribution in [1.29, 1.82) is 0 Å². The number of aromatic nitrogens is 3. The van der Waals surface area contributed by atoms with E-state index in [0.717, 1.165) is 16.3 Å². The first-order valence-electron chi connectivity index (χ1n) is 9.22. The number of hydrogen-bond donors (Lipinski definition) is 2. The van der Waals surface area contributed by atoms with Gasteiger partial charge in [0, 0.05) is 24.4 Å². The second kappa shape index (κ2) is 7.10. The molecule has 1 atom stereocenters. The molecular formula is C20H22N4O3S. The molecule has 0 aromatic carbocycles. The number of thiazole rings is 1. The molecule has 0 aliphatic carbocycles. The highest BCUT2D eigenvalue weighted by molar-refractivity contribution is 7.19. The average molecular weight is 398 g/mol. The van der Waals surface area contributed by atoms with Gasteiger partial charge in [0.25, 0.3) is 5.56 Å². The van der Waals surface area contributed by atoms with Crippen molar-refractivity contribution < 1.29 is 9.53 Å². The lowest BCUT2D eigenvalue weighted by Crippen LogP contribution is -2.39. The normalized spacial score (nSPS) is 18.9. The van der Waals surface area contributed by atoms with E-state index in [1.54, 1.807) is 18.3 Å². The van der Waals surface area contributed by atoms with Crippen molar-refractivity contribution >= 4 is 33.3 Å². The fourth-order valence-electron chi connectivity index (χ4n) is 3.52. The Bertz CT molecular complexity index is 1100. The van der Waals surface area contributed by atoms with Gasteiger partial charge in [-0.2, -0.15) is 0 Å². The summed E-state index contributed by atoms with van der Waals surface area (Å²) < 4.78 is 5.68. The van der Waals surface area contributed by atoms with Crippen LogP contribution in [0, 0.1) is 12.8 Å². The lowest BCUT2D eigenvalue weighted by atomic mass is 9.88. The molecule has 7 nitrogen and oxygen atoms in total. The van der Waals surface area contributed by atoms with E-state index in [0.29, 0.717) is 35.5 Å². The Morgan fingerprint density at radius 2 is 2.21 bits per heavy atom. The molecule has 1 saturated heterocycles. The van der Waals surface area contributed by atoms with Crippen LogP contribution in [-0.4, -0.2) is 33.1 Å². The summed E-state index contributed by atoms with van der Waals surface area (Å²) in [6.07, 6.45) is 3.10. The van der Waals surface area contributed by atoms with Gasteiger partial charge in [0.1, 0.15) is 0 Å². The fraction of sp³-hybridized carbons (Fsp3) is 0.400. The lowest BCUT2D eigenvalue weighted by Gasteiger charge is -2.34. The maximum atomic E-state index is 12.6. The van der Waals surface area contributed by atoms with Crippen molar-refractivity contribution in [3.8, 4) is 10.6 Å². The Hall–Kier alpha value is -2.58. The number of nitrogens with one attached hydrogen (secondary N) is 2. The number of aryl methyl sites for hydroxylation is 1. The van der Waals surface area contributed by atoms with Crippen LogP contribution in [0.4, 0.5) is 5.13 Å². The molecule has 1 amide bonds. The van der Waals surface area contributed by atoms with E-state index in [2.05, 4.69) is 20.3 Å². The number of carbonyl (C=O) groups excluding carboxylic acids is 1. The van der Waals surface area contributed by atoms with Gasteiger partial charge in [-0.25, -0.2) is 9.97 Å². The molecule has 0 spiro atoms. The molecule has 2 N–H and O–H groups in total. The molecule has 4 rings (SSSR count). The molecule has 1 aliphatic rings. The number of anilines is 1. The maximum Gasteiger partial charge on any atom is 0.257 e. The SMILES string of the molecule is Cc1cc2nc(-c3cnc(NC(=O)C4CCOC(C)(C)C4)s3)ccc2c(=O)[nH]1. The Kier molecular flexibility index (Phi) is 4.76. The summed E-state index contributed by atoms with van der Waals surface area (Å²) in [7, 11) is 0. The minimum Gasteiger partial charge on any atom is -0.376 e. The number of carbonyl (C=O) groups is 1. The van der Waals surface area contributed by atoms with E-state index in [9.17, 15) is 9.59 Å². The van der Waals surface area contributed by atoms with Gasteiger partial charge >= 0.3 is 0 Å². The number of hydrogen-bond acceptors (Lipinski definition) is 6. The molecule has 1 aliphatic heterocycles. The number of H-pyrrole nitrogens is 1. The molecule has 4 heterocycles. The Morgan fingerprint density at radius 3 is 3.00 bits per heavy atom. The number of ether oxygens (including phenoxy) is 1. The molecule has 0 saturated carbocycles. The number of pyridine rings is 2. The number of nitrogens with zero attached hydrogens (tertiary/aromatic N) is 2. The fourth-order valence-corrected chi connectivity index (χ4v) is 4.30. The predicted molar refractivity (Wildman–Crippen MR) is 110 cm³/mol. The molecule has 0 radical (unpaired) electrons. The van der Waals surface area contributed by atoms with Crippen molar-refractivity contribution in [3.63, 3.8) is 0 Å². The van der Waals surface area contributed by atoms with E-state index >= 15 is 0 Å². The van der Waals surface area contributed by atoms with Crippen LogP contribution in [0.3, 0.4) is 0 Å². The Labute approximate surface area is 166 Å². The maximum absolute atomic E-state index is 12.6. The number of amides is 1. The standard InChI is InChI=1S/C20H22N4O3S/c1-11-8-15-13(18(26)22-11)4-5-14(23-15)16-10-21-19(28-16)24-17(25)12-6-7-27-20(2,3)9-12/h4-5,8,10,12H,6-7,9H2,1-3H3,(H,22,26)(H,21,24,25). The monoisotopic (exact) mass is 398 g/mol. The molecule has 0 bridgehead atoms. The van der Waals surface area contributed by atoms with Crippen LogP contribution >= 0.6 is 11.3 Å². The van der Waals surface area contributed by atoms with Crippen molar-refractivity contribution in [3.05, 3.63) is 40.4 Å². The van der Waals surface area contributed by atoms with Crippen molar-refractivity contribution in [2.75, 3.05) is 11.9 Å². The lowest BCUT2D eigenvalue weighted by molar-refractivity contribution is -0.130. The minimum atomic E-state index is -0.278. The van der Waals surface area contributed by atoms with Crippen LogP contribution in [0.2, 0.25) is 0 Å². The van der Waals surface area contributed by atoms with E-state index in [1.807, 2.05) is 26.8 Å². The summed E-state index contributed by atoms with van der Waals surface area (Å²) in [6, 6.07) is 5.40. The summed E-state index contributed by atoms with van der Waals surface area (Å²) in [6.45, 7) is 6.43. The summed E-state index contributed by atoms with van der Waals surface area (Å²) in [5.74, 6) is -0.101. The van der Waals surface area contributed by atoms with Gasteiger partial charge in [0.2, 0.25) is 5.91 Å². The van der Waals surface area contributed by atoms with Crippen LogP contribution in [0.15, 0.2) is 29.2 Å². The van der Waals surface area contributed by atoms with Crippen LogP contribution in [0.5, 0.6) is 0 Å². The van der Waals surface area contributed by atoms with Crippen molar-refractivity contribution in [2.24, 2.45) is 5.92 Å². The first-order valence-corrected chi connectivity index (χ1v) is 10.0. The second-order valence-corrected chi connectivity index (χ2v) is 8.76. The van der Waals surface area contributed by atoms with Gasteiger partial charge in [-0.3, -0.25) is 9.59 Å². The van der Waals surface area contributed by atoms with Crippen molar-refractivity contribution in [1.82, 2.24) is 15.0 Å². The third-order valence-corrected chi connectivity index (χ3v) is 5.82. The van der Waals surface area contributed by atoms with Crippen LogP contribution in [0.25, 0.3) is 21.5 Å². The summed E-state index contributed by atoms with van der Waals surface area (Å²) in [5.41, 5.74) is 1.70. The Morgan fingerprint density at radius 1 is 1.39 bits per heavy atom. The zero-order valence-corrected chi connectivity index (χ0v) is 16.9. The molecule has 3 aromatic rings. The quantitative estimate of drug-likeness (QED) is 0.704. The van der Waals surface area contributed by atoms with E-state index in [-0.39, 0.29) is 23.0 Å². The van der Waals surface area contributed by atoms with Crippen molar-refractivity contribution in [2.45, 2.75) is 39.2 Å². The van der Waals surface area contributed by atoms with Gasteiger partial charge in [0.05, 0.1) is 27.1 Å². The third kappa shape index (κ3) is 3.83. The zero-order valence-electron chi connectivity index (χ0n) is 16.0. The van der Waals surface area contributed by atoms with Crippen LogP contribution < -0.4 is 10.9 Å². The highest BCUT2D eigenvalue weighted by Crippen LogP contribution is 2.32. The van der Waals surface area contributed by atoms with Gasteiger partial charge in [-0.05, 0) is 51.8 Å². The van der Waals surface area contributed by atoms with Gasteiger partial charge in [0.15, 0.2) is 5.13 Å². The van der Waals surface area contributed by atoms with Gasteiger partial charge in [-0.15, -0.1) is 0 Å². The molecule has 146 valence electrons. The highest BCUT2D eigenvalue weighted by atomic mass is 32.1. The summed E-state index contributed by atoms with van der Waals surface area (Å²) in [5, 5.41) is 4.02. The molecule has 1 unspecified atom stereocenters. The first-order chi connectivity index (χ1) is 13.3. The minimum absolute atomic E-state index is 0.0223. The van der Waals surface area contributed by atoms with Crippen LogP contribution in [-0.2, 0) is 9.53 Å². The molecular weight excluding hydrogens is 376 g/mol. The number of aromatic amines is 1. The number of fused-ring (bicyclic) bond motifs is 1. The van der Waals surface area contributed by atoms with Gasteiger partial charge in [-0.1, -0.05) is 11.3 Å².